The molecular weight excluding hydrogens is 244 g/mol. The van der Waals surface area contributed by atoms with Crippen molar-refractivity contribution in [1.29, 1.82) is 0 Å². The van der Waals surface area contributed by atoms with Gasteiger partial charge in [-0.05, 0) is 51.2 Å². The van der Waals surface area contributed by atoms with Gasteiger partial charge >= 0.3 is 0 Å². The molecule has 0 atom stereocenters. The minimum absolute atomic E-state index is 0.871. The highest BCUT2D eigenvalue weighted by atomic mass is 15.0. The van der Waals surface area contributed by atoms with Gasteiger partial charge in [0.2, 0.25) is 0 Å². The summed E-state index contributed by atoms with van der Waals surface area (Å²) in [6.45, 7) is 6.14. The Hall–Kier alpha value is -1.80. The van der Waals surface area contributed by atoms with E-state index in [0.29, 0.717) is 0 Å². The smallest absolute Gasteiger partial charge is 0.0400 e. The van der Waals surface area contributed by atoms with Crippen molar-refractivity contribution >= 4 is 5.69 Å². The summed E-state index contributed by atoms with van der Waals surface area (Å²) in [5.41, 5.74) is 6.49. The molecule has 1 N–H and O–H groups in total. The first-order chi connectivity index (χ1) is 9.52. The maximum atomic E-state index is 3.48. The van der Waals surface area contributed by atoms with Gasteiger partial charge in [-0.1, -0.05) is 41.5 Å². The molecule has 0 radical (unpaired) electrons. The molecule has 20 heavy (non-hydrogen) atoms. The third-order valence-corrected chi connectivity index (χ3v) is 3.23. The van der Waals surface area contributed by atoms with Crippen molar-refractivity contribution in [2.24, 2.45) is 0 Å². The number of hydrogen-bond acceptors (Lipinski definition) is 2. The zero-order valence-electron chi connectivity index (χ0n) is 12.9. The number of rotatable bonds is 5. The van der Waals surface area contributed by atoms with E-state index in [2.05, 4.69) is 80.6 Å². The van der Waals surface area contributed by atoms with Crippen LogP contribution in [-0.4, -0.2) is 19.0 Å². The largest absolute Gasteiger partial charge is 0.381 e. The van der Waals surface area contributed by atoms with Crippen LogP contribution in [0.4, 0.5) is 5.69 Å². The molecule has 0 unspecified atom stereocenters. The molecular formula is C18H24N2. The van der Waals surface area contributed by atoms with Gasteiger partial charge in [-0.25, -0.2) is 0 Å². The second-order valence-electron chi connectivity index (χ2n) is 5.78. The second kappa shape index (κ2) is 6.58. The minimum atomic E-state index is 0.871. The molecule has 0 fully saturated rings. The summed E-state index contributed by atoms with van der Waals surface area (Å²) in [4.78, 5) is 2.18. The minimum Gasteiger partial charge on any atom is -0.381 e. The van der Waals surface area contributed by atoms with Gasteiger partial charge in [0, 0.05) is 18.8 Å². The van der Waals surface area contributed by atoms with Gasteiger partial charge in [-0.2, -0.15) is 0 Å². The Balaban J connectivity index is 1.96. The normalized spacial score (nSPS) is 10.8. The summed E-state index contributed by atoms with van der Waals surface area (Å²) in [5.74, 6) is 0. The van der Waals surface area contributed by atoms with Crippen LogP contribution in [0.2, 0.25) is 0 Å². The molecule has 0 amide bonds. The summed E-state index contributed by atoms with van der Waals surface area (Å²) in [5, 5.41) is 3.48. The average Bonchev–Trinajstić information content (AvgIpc) is 2.36. The van der Waals surface area contributed by atoms with Gasteiger partial charge < -0.3 is 10.2 Å². The highest BCUT2D eigenvalue weighted by Crippen LogP contribution is 2.14. The van der Waals surface area contributed by atoms with Crippen LogP contribution in [-0.2, 0) is 13.1 Å². The predicted molar refractivity (Wildman–Crippen MR) is 87.1 cm³/mol. The lowest BCUT2D eigenvalue weighted by atomic mass is 10.1. The number of aryl methyl sites for hydroxylation is 2. The fourth-order valence-corrected chi connectivity index (χ4v) is 2.47. The molecule has 0 saturated heterocycles. The summed E-state index contributed by atoms with van der Waals surface area (Å²) in [6, 6.07) is 15.4. The van der Waals surface area contributed by atoms with Crippen molar-refractivity contribution in [2.45, 2.75) is 26.9 Å². The van der Waals surface area contributed by atoms with Crippen molar-refractivity contribution < 1.29 is 0 Å². The molecule has 0 spiro atoms. The summed E-state index contributed by atoms with van der Waals surface area (Å²) >= 11 is 0. The summed E-state index contributed by atoms with van der Waals surface area (Å²) < 4.78 is 0. The van der Waals surface area contributed by atoms with E-state index in [9.17, 15) is 0 Å². The van der Waals surface area contributed by atoms with E-state index >= 15 is 0 Å². The zero-order valence-corrected chi connectivity index (χ0v) is 12.9. The highest BCUT2D eigenvalue weighted by molar-refractivity contribution is 5.45. The monoisotopic (exact) mass is 268 g/mol. The quantitative estimate of drug-likeness (QED) is 0.882. The standard InChI is InChI=1S/C18H24N2/c1-14-9-15(2)11-17(10-14)12-19-18-7-5-16(6-8-18)13-20(3)4/h5-11,19H,12-13H2,1-4H3. The Kier molecular flexibility index (Phi) is 4.80. The molecule has 0 aliphatic rings. The first kappa shape index (κ1) is 14.6. The maximum absolute atomic E-state index is 3.48. The van der Waals surface area contributed by atoms with E-state index < -0.39 is 0 Å². The van der Waals surface area contributed by atoms with Crippen LogP contribution >= 0.6 is 0 Å². The average molecular weight is 268 g/mol. The Labute approximate surface area is 122 Å². The van der Waals surface area contributed by atoms with Gasteiger partial charge in [0.05, 0.1) is 0 Å². The summed E-state index contributed by atoms with van der Waals surface area (Å²) in [7, 11) is 4.18. The SMILES string of the molecule is Cc1cc(C)cc(CNc2ccc(CN(C)C)cc2)c1. The van der Waals surface area contributed by atoms with E-state index in [1.165, 1.54) is 27.9 Å². The lowest BCUT2D eigenvalue weighted by molar-refractivity contribution is 0.402. The van der Waals surface area contributed by atoms with E-state index in [4.69, 9.17) is 0 Å². The molecule has 2 rings (SSSR count). The van der Waals surface area contributed by atoms with Crippen molar-refractivity contribution in [3.8, 4) is 0 Å². The predicted octanol–water partition coefficient (Wildman–Crippen LogP) is 3.98. The van der Waals surface area contributed by atoms with Crippen molar-refractivity contribution in [2.75, 3.05) is 19.4 Å². The van der Waals surface area contributed by atoms with Crippen LogP contribution in [0.15, 0.2) is 42.5 Å². The fourth-order valence-electron chi connectivity index (χ4n) is 2.47. The van der Waals surface area contributed by atoms with Crippen LogP contribution < -0.4 is 5.32 Å². The summed E-state index contributed by atoms with van der Waals surface area (Å²) in [6.07, 6.45) is 0. The van der Waals surface area contributed by atoms with Crippen LogP contribution in [0.5, 0.6) is 0 Å². The van der Waals surface area contributed by atoms with Gasteiger partial charge in [-0.3, -0.25) is 0 Å². The Morgan fingerprint density at radius 1 is 0.850 bits per heavy atom. The zero-order chi connectivity index (χ0) is 14.5. The molecule has 2 heteroatoms. The Bertz CT molecular complexity index is 536. The maximum Gasteiger partial charge on any atom is 0.0400 e. The highest BCUT2D eigenvalue weighted by Gasteiger charge is 1.98. The van der Waals surface area contributed by atoms with Gasteiger partial charge in [0.15, 0.2) is 0 Å². The molecule has 0 bridgehead atoms. The van der Waals surface area contributed by atoms with Crippen molar-refractivity contribution in [3.63, 3.8) is 0 Å². The van der Waals surface area contributed by atoms with Crippen molar-refractivity contribution in [1.82, 2.24) is 4.90 Å². The fraction of sp³-hybridized carbons (Fsp3) is 0.333. The third-order valence-electron chi connectivity index (χ3n) is 3.23. The first-order valence-corrected chi connectivity index (χ1v) is 7.07. The van der Waals surface area contributed by atoms with Crippen LogP contribution in [0.1, 0.15) is 22.3 Å². The van der Waals surface area contributed by atoms with Crippen LogP contribution in [0.25, 0.3) is 0 Å². The van der Waals surface area contributed by atoms with Crippen LogP contribution in [0.3, 0.4) is 0 Å². The molecule has 0 aliphatic heterocycles. The van der Waals surface area contributed by atoms with E-state index in [0.717, 1.165) is 13.1 Å². The molecule has 0 saturated carbocycles. The van der Waals surface area contributed by atoms with Gasteiger partial charge in [0.25, 0.3) is 0 Å². The molecule has 2 aromatic carbocycles. The van der Waals surface area contributed by atoms with E-state index in [-0.39, 0.29) is 0 Å². The lowest BCUT2D eigenvalue weighted by Crippen LogP contribution is -2.10. The first-order valence-electron chi connectivity index (χ1n) is 7.07. The number of benzene rings is 2. The Morgan fingerprint density at radius 2 is 1.45 bits per heavy atom. The topological polar surface area (TPSA) is 15.3 Å². The molecule has 0 aliphatic carbocycles. The van der Waals surface area contributed by atoms with E-state index in [1.54, 1.807) is 0 Å². The molecule has 0 aromatic heterocycles. The number of hydrogen-bond donors (Lipinski definition) is 1. The molecule has 106 valence electrons. The van der Waals surface area contributed by atoms with Gasteiger partial charge in [0.1, 0.15) is 0 Å². The number of anilines is 1. The second-order valence-corrected chi connectivity index (χ2v) is 5.78. The molecule has 2 nitrogen and oxygen atoms in total. The lowest BCUT2D eigenvalue weighted by Gasteiger charge is -2.11. The van der Waals surface area contributed by atoms with Crippen LogP contribution in [0, 0.1) is 13.8 Å². The third kappa shape index (κ3) is 4.39. The van der Waals surface area contributed by atoms with E-state index in [1.807, 2.05) is 0 Å². The molecule has 2 aromatic rings. The van der Waals surface area contributed by atoms with Crippen molar-refractivity contribution in [3.05, 3.63) is 64.7 Å². The molecule has 0 heterocycles. The number of nitrogens with zero attached hydrogens (tertiary/aromatic N) is 1. The number of nitrogens with one attached hydrogen (secondary N) is 1. The Morgan fingerprint density at radius 3 is 2.00 bits per heavy atom. The van der Waals surface area contributed by atoms with Gasteiger partial charge in [-0.15, -0.1) is 0 Å².